The first-order chi connectivity index (χ1) is 12.2. The number of benzene rings is 1. The minimum atomic E-state index is 0.218. The molecular formula is C22H34N2O. The first kappa shape index (κ1) is 17.5. The van der Waals surface area contributed by atoms with Crippen LogP contribution in [0.2, 0.25) is 0 Å². The Morgan fingerprint density at radius 3 is 2.36 bits per heavy atom. The average molecular weight is 343 g/mol. The molecule has 0 bridgehead atoms. The van der Waals surface area contributed by atoms with E-state index >= 15 is 0 Å². The molecule has 0 radical (unpaired) electrons. The van der Waals surface area contributed by atoms with Gasteiger partial charge in [-0.15, -0.1) is 0 Å². The molecule has 0 amide bonds. The summed E-state index contributed by atoms with van der Waals surface area (Å²) in [6.45, 7) is 9.31. The monoisotopic (exact) mass is 342 g/mol. The van der Waals surface area contributed by atoms with Gasteiger partial charge in [0.1, 0.15) is 0 Å². The lowest BCUT2D eigenvalue weighted by Gasteiger charge is -2.54. The molecule has 3 aliphatic rings. The predicted molar refractivity (Wildman–Crippen MR) is 103 cm³/mol. The van der Waals surface area contributed by atoms with Crippen molar-refractivity contribution in [2.45, 2.75) is 69.6 Å². The van der Waals surface area contributed by atoms with Crippen LogP contribution in [0.1, 0.15) is 57.4 Å². The lowest BCUT2D eigenvalue weighted by molar-refractivity contribution is -0.142. The lowest BCUT2D eigenvalue weighted by atomic mass is 9.75. The minimum absolute atomic E-state index is 0.218. The summed E-state index contributed by atoms with van der Waals surface area (Å²) in [6.07, 6.45) is 9.09. The van der Waals surface area contributed by atoms with Crippen molar-refractivity contribution in [1.29, 1.82) is 0 Å². The molecule has 1 aliphatic carbocycles. The molecule has 2 aliphatic heterocycles. The number of rotatable bonds is 4. The van der Waals surface area contributed by atoms with E-state index in [4.69, 9.17) is 4.74 Å². The van der Waals surface area contributed by atoms with Gasteiger partial charge in [-0.3, -0.25) is 9.80 Å². The van der Waals surface area contributed by atoms with E-state index in [0.29, 0.717) is 5.54 Å². The van der Waals surface area contributed by atoms with Gasteiger partial charge >= 0.3 is 0 Å². The SMILES string of the molecule is CCC1(N2CCN(Cc3ccccc3)CC2)CCOC2(CCCC2)C1. The molecule has 0 aromatic heterocycles. The van der Waals surface area contributed by atoms with Crippen molar-refractivity contribution in [3.8, 4) is 0 Å². The van der Waals surface area contributed by atoms with Crippen molar-refractivity contribution in [2.75, 3.05) is 32.8 Å². The third-order valence-corrected chi connectivity index (χ3v) is 7.09. The molecule has 3 fully saturated rings. The standard InChI is InChI=1S/C22H34N2O/c1-2-21(12-17-25-22(19-21)10-6-7-11-22)24-15-13-23(14-16-24)18-20-8-4-3-5-9-20/h3-5,8-9H,2,6-7,10-19H2,1H3. The molecule has 1 saturated carbocycles. The quantitative estimate of drug-likeness (QED) is 0.820. The van der Waals surface area contributed by atoms with Gasteiger partial charge in [-0.25, -0.2) is 0 Å². The van der Waals surface area contributed by atoms with Gasteiger partial charge in [0, 0.05) is 44.9 Å². The second-order valence-electron chi connectivity index (χ2n) is 8.49. The molecule has 1 unspecified atom stereocenters. The first-order valence-electron chi connectivity index (χ1n) is 10.4. The molecule has 4 rings (SSSR count). The van der Waals surface area contributed by atoms with Gasteiger partial charge in [-0.05, 0) is 37.7 Å². The van der Waals surface area contributed by atoms with Crippen LogP contribution in [0.15, 0.2) is 30.3 Å². The molecule has 1 spiro atoms. The topological polar surface area (TPSA) is 15.7 Å². The summed E-state index contributed by atoms with van der Waals surface area (Å²) >= 11 is 0. The maximum Gasteiger partial charge on any atom is 0.0700 e. The first-order valence-corrected chi connectivity index (χ1v) is 10.4. The van der Waals surface area contributed by atoms with Crippen LogP contribution in [0.4, 0.5) is 0 Å². The van der Waals surface area contributed by atoms with E-state index in [0.717, 1.165) is 13.2 Å². The summed E-state index contributed by atoms with van der Waals surface area (Å²) in [6, 6.07) is 10.9. The van der Waals surface area contributed by atoms with E-state index < -0.39 is 0 Å². The molecular weight excluding hydrogens is 308 g/mol. The highest BCUT2D eigenvalue weighted by Crippen LogP contribution is 2.47. The summed E-state index contributed by atoms with van der Waals surface area (Å²) in [5, 5.41) is 0. The third-order valence-electron chi connectivity index (χ3n) is 7.09. The highest BCUT2D eigenvalue weighted by Gasteiger charge is 2.49. The van der Waals surface area contributed by atoms with E-state index in [1.165, 1.54) is 76.7 Å². The predicted octanol–water partition coefficient (Wildman–Crippen LogP) is 4.08. The molecule has 3 heteroatoms. The summed E-state index contributed by atoms with van der Waals surface area (Å²) in [5.41, 5.74) is 2.05. The van der Waals surface area contributed by atoms with Gasteiger partial charge in [0.05, 0.1) is 5.60 Å². The van der Waals surface area contributed by atoms with Gasteiger partial charge in [-0.2, -0.15) is 0 Å². The summed E-state index contributed by atoms with van der Waals surface area (Å²) in [4.78, 5) is 5.46. The second-order valence-corrected chi connectivity index (χ2v) is 8.49. The van der Waals surface area contributed by atoms with Crippen molar-refractivity contribution >= 4 is 0 Å². The molecule has 1 aromatic carbocycles. The molecule has 0 N–H and O–H groups in total. The fourth-order valence-corrected chi connectivity index (χ4v) is 5.55. The zero-order chi connectivity index (χ0) is 17.2. The van der Waals surface area contributed by atoms with Gasteiger partial charge in [-0.1, -0.05) is 50.1 Å². The van der Waals surface area contributed by atoms with E-state index in [2.05, 4.69) is 47.1 Å². The van der Waals surface area contributed by atoms with Gasteiger partial charge in [0.25, 0.3) is 0 Å². The van der Waals surface area contributed by atoms with Crippen molar-refractivity contribution in [1.82, 2.24) is 9.80 Å². The van der Waals surface area contributed by atoms with Crippen molar-refractivity contribution in [3.05, 3.63) is 35.9 Å². The Labute approximate surface area is 153 Å². The summed E-state index contributed by atoms with van der Waals surface area (Å²) in [5.74, 6) is 0. The normalized spacial score (nSPS) is 30.8. The number of nitrogens with zero attached hydrogens (tertiary/aromatic N) is 2. The Balaban J connectivity index is 1.38. The number of ether oxygens (including phenoxy) is 1. The van der Waals surface area contributed by atoms with Crippen molar-refractivity contribution < 1.29 is 4.74 Å². The van der Waals surface area contributed by atoms with E-state index in [1.54, 1.807) is 0 Å². The Morgan fingerprint density at radius 2 is 1.68 bits per heavy atom. The molecule has 1 aromatic rings. The largest absolute Gasteiger partial charge is 0.375 e. The lowest BCUT2D eigenvalue weighted by Crippen LogP contribution is -2.61. The molecule has 138 valence electrons. The number of hydrogen-bond donors (Lipinski definition) is 0. The van der Waals surface area contributed by atoms with E-state index in [-0.39, 0.29) is 5.60 Å². The minimum Gasteiger partial charge on any atom is -0.375 e. The van der Waals surface area contributed by atoms with Crippen LogP contribution in [0.5, 0.6) is 0 Å². The van der Waals surface area contributed by atoms with Gasteiger partial charge in [0.2, 0.25) is 0 Å². The Morgan fingerprint density at radius 1 is 0.960 bits per heavy atom. The van der Waals surface area contributed by atoms with E-state index in [9.17, 15) is 0 Å². The Kier molecular flexibility index (Phi) is 5.17. The highest BCUT2D eigenvalue weighted by atomic mass is 16.5. The number of hydrogen-bond acceptors (Lipinski definition) is 3. The second kappa shape index (κ2) is 7.38. The maximum atomic E-state index is 6.34. The molecule has 2 saturated heterocycles. The van der Waals surface area contributed by atoms with E-state index in [1.807, 2.05) is 0 Å². The van der Waals surface area contributed by atoms with Crippen LogP contribution in [-0.2, 0) is 11.3 Å². The fraction of sp³-hybridized carbons (Fsp3) is 0.727. The van der Waals surface area contributed by atoms with Crippen LogP contribution >= 0.6 is 0 Å². The summed E-state index contributed by atoms with van der Waals surface area (Å²) < 4.78 is 6.34. The van der Waals surface area contributed by atoms with Gasteiger partial charge in [0.15, 0.2) is 0 Å². The molecule has 3 nitrogen and oxygen atoms in total. The number of piperazine rings is 1. The Bertz CT molecular complexity index is 546. The zero-order valence-electron chi connectivity index (χ0n) is 15.9. The van der Waals surface area contributed by atoms with Gasteiger partial charge < -0.3 is 4.74 Å². The molecule has 1 atom stereocenters. The van der Waals surface area contributed by atoms with Crippen LogP contribution in [-0.4, -0.2) is 53.7 Å². The summed E-state index contributed by atoms with van der Waals surface area (Å²) in [7, 11) is 0. The highest BCUT2D eigenvalue weighted by molar-refractivity contribution is 5.14. The zero-order valence-corrected chi connectivity index (χ0v) is 15.9. The van der Waals surface area contributed by atoms with Crippen LogP contribution in [0.3, 0.4) is 0 Å². The van der Waals surface area contributed by atoms with Crippen LogP contribution in [0.25, 0.3) is 0 Å². The third kappa shape index (κ3) is 3.65. The van der Waals surface area contributed by atoms with Crippen molar-refractivity contribution in [2.24, 2.45) is 0 Å². The maximum absolute atomic E-state index is 6.34. The fourth-order valence-electron chi connectivity index (χ4n) is 5.55. The average Bonchev–Trinajstić information content (AvgIpc) is 3.10. The Hall–Kier alpha value is -0.900. The van der Waals surface area contributed by atoms with Crippen LogP contribution < -0.4 is 0 Å². The smallest absolute Gasteiger partial charge is 0.0700 e. The molecule has 25 heavy (non-hydrogen) atoms. The molecule has 2 heterocycles. The van der Waals surface area contributed by atoms with Crippen molar-refractivity contribution in [3.63, 3.8) is 0 Å². The van der Waals surface area contributed by atoms with Crippen LogP contribution in [0, 0.1) is 0 Å².